The Morgan fingerprint density at radius 2 is 2.20 bits per heavy atom. The van der Waals surface area contributed by atoms with Crippen LogP contribution in [-0.2, 0) is 14.9 Å². The molecular formula is C13H16BrN3O2S. The summed E-state index contributed by atoms with van der Waals surface area (Å²) in [4.78, 5) is 12.0. The van der Waals surface area contributed by atoms with Gasteiger partial charge < -0.3 is 10.1 Å². The van der Waals surface area contributed by atoms with Crippen molar-refractivity contribution in [3.05, 3.63) is 34.3 Å². The molecule has 0 atom stereocenters. The molecule has 20 heavy (non-hydrogen) atoms. The highest BCUT2D eigenvalue weighted by atomic mass is 79.9. The lowest BCUT2D eigenvalue weighted by Crippen LogP contribution is -2.53. The number of hydrazine groups is 1. The highest BCUT2D eigenvalue weighted by Crippen LogP contribution is 2.36. The number of ether oxygens (including phenoxy) is 1. The van der Waals surface area contributed by atoms with Crippen LogP contribution in [0.15, 0.2) is 28.7 Å². The third kappa shape index (κ3) is 3.47. The predicted molar refractivity (Wildman–Crippen MR) is 84.2 cm³/mol. The van der Waals surface area contributed by atoms with E-state index in [0.29, 0.717) is 24.7 Å². The largest absolute Gasteiger partial charge is 0.379 e. The molecule has 0 radical (unpaired) electrons. The van der Waals surface area contributed by atoms with E-state index in [1.807, 2.05) is 24.3 Å². The third-order valence-corrected chi connectivity index (χ3v) is 4.03. The van der Waals surface area contributed by atoms with Crippen molar-refractivity contribution in [2.24, 2.45) is 0 Å². The van der Waals surface area contributed by atoms with Crippen molar-refractivity contribution in [3.63, 3.8) is 0 Å². The van der Waals surface area contributed by atoms with Crippen LogP contribution in [0.3, 0.4) is 0 Å². The minimum absolute atomic E-state index is 0.120. The van der Waals surface area contributed by atoms with E-state index in [-0.39, 0.29) is 11.3 Å². The van der Waals surface area contributed by atoms with Gasteiger partial charge in [0, 0.05) is 17.9 Å². The summed E-state index contributed by atoms with van der Waals surface area (Å²) in [5.74, 6) is -0.120. The fourth-order valence-corrected chi connectivity index (χ4v) is 2.53. The van der Waals surface area contributed by atoms with E-state index < -0.39 is 0 Å². The minimum Gasteiger partial charge on any atom is -0.379 e. The van der Waals surface area contributed by atoms with Crippen LogP contribution in [0.25, 0.3) is 0 Å². The lowest BCUT2D eigenvalue weighted by atomic mass is 9.76. The van der Waals surface area contributed by atoms with Crippen LogP contribution < -0.4 is 16.2 Å². The zero-order chi connectivity index (χ0) is 14.6. The van der Waals surface area contributed by atoms with Crippen molar-refractivity contribution in [2.75, 3.05) is 20.3 Å². The van der Waals surface area contributed by atoms with E-state index >= 15 is 0 Å². The van der Waals surface area contributed by atoms with Gasteiger partial charge in [0.15, 0.2) is 5.11 Å². The molecule has 1 amide bonds. The number of nitrogens with one attached hydrogen (secondary N) is 3. The molecule has 1 aliphatic rings. The molecule has 1 aromatic rings. The second kappa shape index (κ2) is 6.51. The molecule has 2 rings (SSSR count). The summed E-state index contributed by atoms with van der Waals surface area (Å²) in [6.45, 7) is 1.10. The van der Waals surface area contributed by atoms with Gasteiger partial charge in [-0.25, -0.2) is 0 Å². The summed E-state index contributed by atoms with van der Waals surface area (Å²) < 4.78 is 6.32. The zero-order valence-corrected chi connectivity index (χ0v) is 13.4. The number of halogens is 1. The Kier molecular flexibility index (Phi) is 4.95. The van der Waals surface area contributed by atoms with Crippen LogP contribution in [0, 0.1) is 0 Å². The molecule has 0 unspecified atom stereocenters. The number of rotatable bonds is 3. The van der Waals surface area contributed by atoms with E-state index in [4.69, 9.17) is 17.0 Å². The van der Waals surface area contributed by atoms with Gasteiger partial charge in [-0.05, 0) is 29.9 Å². The summed E-state index contributed by atoms with van der Waals surface area (Å²) in [5, 5.41) is 3.10. The molecule has 0 aliphatic carbocycles. The first kappa shape index (κ1) is 15.2. The average molecular weight is 358 g/mol. The maximum absolute atomic E-state index is 12.0. The van der Waals surface area contributed by atoms with Gasteiger partial charge >= 0.3 is 0 Å². The van der Waals surface area contributed by atoms with E-state index in [9.17, 15) is 4.79 Å². The normalized spacial score (nSPS) is 15.9. The molecule has 1 aromatic carbocycles. The average Bonchev–Trinajstić information content (AvgIpc) is 2.40. The summed E-state index contributed by atoms with van der Waals surface area (Å²) >= 11 is 8.35. The molecule has 5 nitrogen and oxygen atoms in total. The summed E-state index contributed by atoms with van der Waals surface area (Å²) in [7, 11) is 1.68. The fraction of sp³-hybridized carbons (Fsp3) is 0.385. The van der Waals surface area contributed by atoms with E-state index in [2.05, 4.69) is 32.1 Å². The van der Waals surface area contributed by atoms with Gasteiger partial charge in [-0.3, -0.25) is 15.6 Å². The van der Waals surface area contributed by atoms with Crippen LogP contribution >= 0.6 is 28.1 Å². The highest BCUT2D eigenvalue weighted by molar-refractivity contribution is 9.10. The Hall–Kier alpha value is -1.18. The molecule has 1 aliphatic heterocycles. The van der Waals surface area contributed by atoms with Crippen molar-refractivity contribution in [1.29, 1.82) is 0 Å². The SMILES string of the molecule is CNC(=S)NNC(=O)CC1(c2cccc(Br)c2)COC1. The number of carbonyl (C=O) groups is 1. The predicted octanol–water partition coefficient (Wildman–Crippen LogP) is 1.23. The third-order valence-electron chi connectivity index (χ3n) is 3.24. The van der Waals surface area contributed by atoms with Gasteiger partial charge in [0.2, 0.25) is 5.91 Å². The number of carbonyl (C=O) groups excluding carboxylic acids is 1. The van der Waals surface area contributed by atoms with Gasteiger partial charge in [-0.1, -0.05) is 28.1 Å². The molecule has 0 bridgehead atoms. The van der Waals surface area contributed by atoms with Crippen LogP contribution in [0.1, 0.15) is 12.0 Å². The maximum atomic E-state index is 12.0. The molecule has 3 N–H and O–H groups in total. The van der Waals surface area contributed by atoms with E-state index in [1.54, 1.807) is 7.05 Å². The molecule has 0 aromatic heterocycles. The van der Waals surface area contributed by atoms with Crippen molar-refractivity contribution in [1.82, 2.24) is 16.2 Å². The Balaban J connectivity index is 2.01. The molecule has 0 saturated carbocycles. The van der Waals surface area contributed by atoms with Crippen LogP contribution in [0.2, 0.25) is 0 Å². The van der Waals surface area contributed by atoms with Gasteiger partial charge in [0.1, 0.15) is 0 Å². The Labute approximate surface area is 131 Å². The molecule has 1 saturated heterocycles. The van der Waals surface area contributed by atoms with E-state index in [1.165, 1.54) is 0 Å². The molecule has 7 heteroatoms. The number of thiocarbonyl (C=S) groups is 1. The Morgan fingerprint density at radius 3 is 2.75 bits per heavy atom. The van der Waals surface area contributed by atoms with Crippen molar-refractivity contribution >= 4 is 39.2 Å². The first-order valence-corrected chi connectivity index (χ1v) is 7.36. The van der Waals surface area contributed by atoms with Crippen molar-refractivity contribution < 1.29 is 9.53 Å². The lowest BCUT2D eigenvalue weighted by Gasteiger charge is -2.41. The van der Waals surface area contributed by atoms with Crippen molar-refractivity contribution in [3.8, 4) is 0 Å². The smallest absolute Gasteiger partial charge is 0.239 e. The van der Waals surface area contributed by atoms with Crippen LogP contribution in [-0.4, -0.2) is 31.3 Å². The second-order valence-corrected chi connectivity index (χ2v) is 6.04. The zero-order valence-electron chi connectivity index (χ0n) is 11.0. The van der Waals surface area contributed by atoms with Gasteiger partial charge in [0.05, 0.1) is 18.6 Å². The fourth-order valence-electron chi connectivity index (χ4n) is 2.08. The monoisotopic (exact) mass is 357 g/mol. The van der Waals surface area contributed by atoms with Gasteiger partial charge in [0.25, 0.3) is 0 Å². The summed E-state index contributed by atoms with van der Waals surface area (Å²) in [6, 6.07) is 7.98. The number of hydrogen-bond acceptors (Lipinski definition) is 3. The van der Waals surface area contributed by atoms with Gasteiger partial charge in [-0.2, -0.15) is 0 Å². The first-order chi connectivity index (χ1) is 9.55. The Morgan fingerprint density at radius 1 is 1.45 bits per heavy atom. The molecule has 108 valence electrons. The molecule has 1 fully saturated rings. The number of amides is 1. The molecule has 1 heterocycles. The van der Waals surface area contributed by atoms with Crippen LogP contribution in [0.4, 0.5) is 0 Å². The first-order valence-electron chi connectivity index (χ1n) is 6.16. The highest BCUT2D eigenvalue weighted by Gasteiger charge is 2.42. The standard InChI is InChI=1S/C13H16BrN3O2S/c1-15-12(20)17-16-11(18)6-13(7-19-8-13)9-3-2-4-10(14)5-9/h2-5H,6-8H2,1H3,(H,16,18)(H2,15,17,20). The summed E-state index contributed by atoms with van der Waals surface area (Å²) in [6.07, 6.45) is 0.350. The number of benzene rings is 1. The number of hydrogen-bond donors (Lipinski definition) is 3. The van der Waals surface area contributed by atoms with Crippen LogP contribution in [0.5, 0.6) is 0 Å². The molecular weight excluding hydrogens is 342 g/mol. The second-order valence-electron chi connectivity index (χ2n) is 4.71. The topological polar surface area (TPSA) is 62.4 Å². The lowest BCUT2D eigenvalue weighted by molar-refractivity contribution is -0.130. The summed E-state index contributed by atoms with van der Waals surface area (Å²) in [5.41, 5.74) is 6.07. The maximum Gasteiger partial charge on any atom is 0.239 e. The van der Waals surface area contributed by atoms with Crippen molar-refractivity contribution in [2.45, 2.75) is 11.8 Å². The quantitative estimate of drug-likeness (QED) is 0.561. The Bertz CT molecular complexity index is 520. The molecule has 0 spiro atoms. The van der Waals surface area contributed by atoms with Gasteiger partial charge in [-0.15, -0.1) is 0 Å². The minimum atomic E-state index is -0.253. The van der Waals surface area contributed by atoms with E-state index in [0.717, 1.165) is 10.0 Å².